The van der Waals surface area contributed by atoms with E-state index in [4.69, 9.17) is 9.47 Å². The summed E-state index contributed by atoms with van der Waals surface area (Å²) in [5.74, 6) is 0.923. The van der Waals surface area contributed by atoms with Crippen molar-refractivity contribution >= 4 is 28.8 Å². The number of amides is 1. The minimum atomic E-state index is -0.359. The predicted molar refractivity (Wildman–Crippen MR) is 111 cm³/mol. The number of nitrogens with one attached hydrogen (secondary N) is 2. The van der Waals surface area contributed by atoms with E-state index in [0.717, 1.165) is 0 Å². The van der Waals surface area contributed by atoms with Gasteiger partial charge in [-0.15, -0.1) is 0 Å². The van der Waals surface area contributed by atoms with E-state index in [2.05, 4.69) is 15.6 Å². The number of methoxy groups -OCH3 is 2. The zero-order valence-corrected chi connectivity index (χ0v) is 16.4. The van der Waals surface area contributed by atoms with E-state index in [1.54, 1.807) is 75.0 Å². The van der Waals surface area contributed by atoms with Crippen LogP contribution in [0, 0.1) is 0 Å². The van der Waals surface area contributed by atoms with Crippen molar-refractivity contribution in [3.05, 3.63) is 72.1 Å². The van der Waals surface area contributed by atoms with E-state index in [1.807, 2.05) is 0 Å². The molecule has 7 heteroatoms. The maximum atomic E-state index is 12.5. The molecule has 1 amide bonds. The molecule has 148 valence electrons. The van der Waals surface area contributed by atoms with Gasteiger partial charge in [-0.05, 0) is 55.5 Å². The van der Waals surface area contributed by atoms with E-state index < -0.39 is 0 Å². The number of hydrogen-bond donors (Lipinski definition) is 2. The number of Topliss-reactive ketones (excluding diaryl/α,β-unsaturated/α-hetero) is 1. The van der Waals surface area contributed by atoms with Gasteiger partial charge in [0.05, 0.1) is 19.9 Å². The Morgan fingerprint density at radius 1 is 0.897 bits per heavy atom. The molecule has 1 aromatic heterocycles. The number of rotatable bonds is 7. The molecule has 0 radical (unpaired) electrons. The molecule has 0 aliphatic heterocycles. The first-order chi connectivity index (χ1) is 14.0. The Kier molecular flexibility index (Phi) is 6.09. The molecule has 2 N–H and O–H groups in total. The number of ether oxygens (including phenoxy) is 2. The van der Waals surface area contributed by atoms with Gasteiger partial charge in [0.2, 0.25) is 0 Å². The largest absolute Gasteiger partial charge is 0.497 e. The molecule has 2 aromatic carbocycles. The van der Waals surface area contributed by atoms with Crippen LogP contribution < -0.4 is 20.1 Å². The van der Waals surface area contributed by atoms with Gasteiger partial charge < -0.3 is 20.1 Å². The van der Waals surface area contributed by atoms with Crippen LogP contribution in [0.25, 0.3) is 0 Å². The first-order valence-electron chi connectivity index (χ1n) is 8.87. The van der Waals surface area contributed by atoms with Crippen LogP contribution in [0.4, 0.5) is 17.1 Å². The van der Waals surface area contributed by atoms with E-state index >= 15 is 0 Å². The van der Waals surface area contributed by atoms with E-state index in [0.29, 0.717) is 34.1 Å². The topological polar surface area (TPSA) is 89.6 Å². The summed E-state index contributed by atoms with van der Waals surface area (Å²) in [6.07, 6.45) is 1.54. The summed E-state index contributed by atoms with van der Waals surface area (Å²) in [5, 5.41) is 5.99. The Balaban J connectivity index is 1.77. The molecular weight excluding hydrogens is 370 g/mol. The highest BCUT2D eigenvalue weighted by Gasteiger charge is 2.11. The van der Waals surface area contributed by atoms with Crippen LogP contribution in [0.1, 0.15) is 27.8 Å². The number of aromatic nitrogens is 1. The third-order valence-corrected chi connectivity index (χ3v) is 4.23. The second-order valence-corrected chi connectivity index (χ2v) is 6.21. The lowest BCUT2D eigenvalue weighted by molar-refractivity contribution is 0.101. The molecule has 7 nitrogen and oxygen atoms in total. The van der Waals surface area contributed by atoms with Gasteiger partial charge in [-0.1, -0.05) is 0 Å². The number of pyridine rings is 1. The summed E-state index contributed by atoms with van der Waals surface area (Å²) in [6, 6.07) is 15.5. The number of nitrogens with zero attached hydrogens (tertiary/aromatic N) is 1. The summed E-state index contributed by atoms with van der Waals surface area (Å²) >= 11 is 0. The van der Waals surface area contributed by atoms with Gasteiger partial charge >= 0.3 is 0 Å². The van der Waals surface area contributed by atoms with Crippen molar-refractivity contribution in [3.8, 4) is 11.5 Å². The standard InChI is InChI=1S/C22H21N3O4/c1-14(26)15-4-6-16(7-5-15)25-22(27)20-12-17(10-11-23-20)24-19-13-18(28-2)8-9-21(19)29-3/h4-13H,1-3H3,(H,23,24)(H,25,27). The lowest BCUT2D eigenvalue weighted by Gasteiger charge is -2.13. The molecule has 29 heavy (non-hydrogen) atoms. The van der Waals surface area contributed by atoms with Crippen LogP contribution >= 0.6 is 0 Å². The number of hydrogen-bond acceptors (Lipinski definition) is 6. The second kappa shape index (κ2) is 8.88. The predicted octanol–water partition coefficient (Wildman–Crippen LogP) is 4.30. The van der Waals surface area contributed by atoms with Crippen LogP contribution in [0.3, 0.4) is 0 Å². The van der Waals surface area contributed by atoms with Gasteiger partial charge in [0.15, 0.2) is 5.78 Å². The molecule has 0 saturated carbocycles. The average molecular weight is 391 g/mol. The molecule has 0 unspecified atom stereocenters. The SMILES string of the molecule is COc1ccc(OC)c(Nc2ccnc(C(=O)Nc3ccc(C(C)=O)cc3)c2)c1. The maximum absolute atomic E-state index is 12.5. The molecule has 3 aromatic rings. The van der Waals surface area contributed by atoms with Gasteiger partial charge in [0.1, 0.15) is 17.2 Å². The zero-order chi connectivity index (χ0) is 20.8. The third kappa shape index (κ3) is 4.90. The second-order valence-electron chi connectivity index (χ2n) is 6.21. The van der Waals surface area contributed by atoms with Crippen molar-refractivity contribution in [2.24, 2.45) is 0 Å². The van der Waals surface area contributed by atoms with E-state index in [1.165, 1.54) is 6.92 Å². The Bertz CT molecular complexity index is 1030. The number of carbonyl (C=O) groups is 2. The number of ketones is 1. The quantitative estimate of drug-likeness (QED) is 0.584. The molecule has 0 aliphatic carbocycles. The monoisotopic (exact) mass is 391 g/mol. The fourth-order valence-electron chi connectivity index (χ4n) is 2.68. The van der Waals surface area contributed by atoms with Crippen LogP contribution in [0.2, 0.25) is 0 Å². The van der Waals surface area contributed by atoms with Crippen molar-refractivity contribution in [2.75, 3.05) is 24.9 Å². The zero-order valence-electron chi connectivity index (χ0n) is 16.4. The van der Waals surface area contributed by atoms with Gasteiger partial charge in [-0.2, -0.15) is 0 Å². The fourth-order valence-corrected chi connectivity index (χ4v) is 2.68. The van der Waals surface area contributed by atoms with Crippen molar-refractivity contribution in [3.63, 3.8) is 0 Å². The highest BCUT2D eigenvalue weighted by molar-refractivity contribution is 6.03. The van der Waals surface area contributed by atoms with Crippen molar-refractivity contribution in [1.82, 2.24) is 4.98 Å². The Hall–Kier alpha value is -3.87. The Labute approximate surface area is 168 Å². The number of benzene rings is 2. The summed E-state index contributed by atoms with van der Waals surface area (Å²) in [7, 11) is 3.17. The van der Waals surface area contributed by atoms with Gasteiger partial charge in [-0.25, -0.2) is 0 Å². The minimum Gasteiger partial charge on any atom is -0.497 e. The lowest BCUT2D eigenvalue weighted by Crippen LogP contribution is -2.14. The highest BCUT2D eigenvalue weighted by Crippen LogP contribution is 2.31. The molecule has 0 fully saturated rings. The smallest absolute Gasteiger partial charge is 0.274 e. The van der Waals surface area contributed by atoms with Gasteiger partial charge in [0.25, 0.3) is 5.91 Å². The molecule has 0 atom stereocenters. The van der Waals surface area contributed by atoms with E-state index in [9.17, 15) is 9.59 Å². The molecular formula is C22H21N3O4. The van der Waals surface area contributed by atoms with Crippen molar-refractivity contribution in [2.45, 2.75) is 6.92 Å². The average Bonchev–Trinajstić information content (AvgIpc) is 2.74. The summed E-state index contributed by atoms with van der Waals surface area (Å²) in [4.78, 5) is 28.0. The molecule has 0 aliphatic rings. The molecule has 1 heterocycles. The maximum Gasteiger partial charge on any atom is 0.274 e. The summed E-state index contributed by atoms with van der Waals surface area (Å²) in [5.41, 5.74) is 2.77. The third-order valence-electron chi connectivity index (χ3n) is 4.23. The van der Waals surface area contributed by atoms with Gasteiger partial charge in [0, 0.05) is 29.2 Å². The first-order valence-corrected chi connectivity index (χ1v) is 8.87. The van der Waals surface area contributed by atoms with Crippen molar-refractivity contribution < 1.29 is 19.1 Å². The molecule has 0 spiro atoms. The fraction of sp³-hybridized carbons (Fsp3) is 0.136. The summed E-state index contributed by atoms with van der Waals surface area (Å²) in [6.45, 7) is 1.49. The number of anilines is 3. The summed E-state index contributed by atoms with van der Waals surface area (Å²) < 4.78 is 10.6. The van der Waals surface area contributed by atoms with E-state index in [-0.39, 0.29) is 17.4 Å². The number of carbonyl (C=O) groups excluding carboxylic acids is 2. The Morgan fingerprint density at radius 2 is 1.66 bits per heavy atom. The molecule has 0 saturated heterocycles. The molecule has 3 rings (SSSR count). The first kappa shape index (κ1) is 19.9. The minimum absolute atomic E-state index is 0.0312. The van der Waals surface area contributed by atoms with Crippen LogP contribution in [0.5, 0.6) is 11.5 Å². The Morgan fingerprint density at radius 3 is 2.31 bits per heavy atom. The van der Waals surface area contributed by atoms with Crippen molar-refractivity contribution in [1.29, 1.82) is 0 Å². The van der Waals surface area contributed by atoms with Gasteiger partial charge in [-0.3, -0.25) is 14.6 Å². The van der Waals surface area contributed by atoms with Crippen LogP contribution in [-0.4, -0.2) is 30.9 Å². The lowest BCUT2D eigenvalue weighted by atomic mass is 10.1. The molecule has 0 bridgehead atoms. The van der Waals surface area contributed by atoms with Crippen LogP contribution in [-0.2, 0) is 0 Å². The van der Waals surface area contributed by atoms with Crippen LogP contribution in [0.15, 0.2) is 60.8 Å². The highest BCUT2D eigenvalue weighted by atomic mass is 16.5. The normalized spacial score (nSPS) is 10.2.